The number of hydrogen-bond acceptors (Lipinski definition) is 6. The summed E-state index contributed by atoms with van der Waals surface area (Å²) < 4.78 is 34.9. The topological polar surface area (TPSA) is 83.5 Å². The maximum atomic E-state index is 10.8. The Kier molecular flexibility index (Phi) is 11.1. The molecule has 0 aliphatic heterocycles. The third-order valence-electron chi connectivity index (χ3n) is 1.66. The number of phosphoric ester groups is 1. The van der Waals surface area contributed by atoms with Crippen LogP contribution in [-0.2, 0) is 27.8 Å². The molecule has 0 bridgehead atoms. The summed E-state index contributed by atoms with van der Waals surface area (Å²) in [6.07, 6.45) is 0. The molecular formula is C9H21O7P. The highest BCUT2D eigenvalue weighted by Crippen LogP contribution is 2.41. The van der Waals surface area contributed by atoms with Gasteiger partial charge in [-0.05, 0) is 6.92 Å². The van der Waals surface area contributed by atoms with Gasteiger partial charge < -0.3 is 19.1 Å². The highest BCUT2D eigenvalue weighted by Gasteiger charge is 2.17. The molecule has 0 aromatic rings. The Morgan fingerprint density at radius 3 is 1.88 bits per heavy atom. The first-order valence-electron chi connectivity index (χ1n) is 5.38. The average Bonchev–Trinajstić information content (AvgIpc) is 2.31. The molecule has 1 N–H and O–H groups in total. The van der Waals surface area contributed by atoms with E-state index in [-0.39, 0.29) is 13.2 Å². The summed E-state index contributed by atoms with van der Waals surface area (Å²) in [5.41, 5.74) is 0. The van der Waals surface area contributed by atoms with Crippen molar-refractivity contribution >= 4 is 7.82 Å². The van der Waals surface area contributed by atoms with E-state index in [1.807, 2.05) is 6.92 Å². The normalized spacial score (nSPS) is 14.8. The Labute approximate surface area is 102 Å². The van der Waals surface area contributed by atoms with Crippen LogP contribution >= 0.6 is 7.82 Å². The molecule has 17 heavy (non-hydrogen) atoms. The van der Waals surface area contributed by atoms with Crippen molar-refractivity contribution in [1.29, 1.82) is 0 Å². The van der Waals surface area contributed by atoms with E-state index in [1.165, 1.54) is 0 Å². The maximum Gasteiger partial charge on any atom is 0.471 e. The van der Waals surface area contributed by atoms with Crippen LogP contribution in [0.4, 0.5) is 0 Å². The summed E-state index contributed by atoms with van der Waals surface area (Å²) in [5, 5.41) is 0. The second kappa shape index (κ2) is 11.1. The lowest BCUT2D eigenvalue weighted by atomic mass is 10.7. The standard InChI is InChI=1S/C9H21O7P/c1-3-13-4-5-14-6-7-15-8-9-16-17(10,11)12-2/h3-9H2,1-2H3,(H,10,11). The Morgan fingerprint density at radius 2 is 1.41 bits per heavy atom. The Hall–Kier alpha value is -0.0100. The SMILES string of the molecule is CCOCCOCCOCCOP(=O)(O)OC. The predicted octanol–water partition coefficient (Wildman–Crippen LogP) is 0.819. The third-order valence-corrected chi connectivity index (χ3v) is 2.63. The molecule has 0 aliphatic rings. The molecule has 0 saturated heterocycles. The molecular weight excluding hydrogens is 251 g/mol. The van der Waals surface area contributed by atoms with E-state index >= 15 is 0 Å². The number of hydrogen-bond donors (Lipinski definition) is 1. The zero-order valence-corrected chi connectivity index (χ0v) is 11.2. The fourth-order valence-electron chi connectivity index (χ4n) is 0.848. The van der Waals surface area contributed by atoms with Crippen LogP contribution in [-0.4, -0.2) is 58.3 Å². The van der Waals surface area contributed by atoms with Crippen molar-refractivity contribution in [1.82, 2.24) is 0 Å². The lowest BCUT2D eigenvalue weighted by Gasteiger charge is -2.09. The summed E-state index contributed by atoms with van der Waals surface area (Å²) in [6, 6.07) is 0. The van der Waals surface area contributed by atoms with E-state index in [1.54, 1.807) is 0 Å². The van der Waals surface area contributed by atoms with Gasteiger partial charge >= 0.3 is 7.82 Å². The monoisotopic (exact) mass is 272 g/mol. The van der Waals surface area contributed by atoms with Crippen LogP contribution in [0.2, 0.25) is 0 Å². The van der Waals surface area contributed by atoms with E-state index in [2.05, 4.69) is 9.05 Å². The van der Waals surface area contributed by atoms with Gasteiger partial charge in [0.05, 0.1) is 39.6 Å². The minimum absolute atomic E-state index is 0.000559. The van der Waals surface area contributed by atoms with Crippen molar-refractivity contribution in [2.75, 3.05) is 53.4 Å². The van der Waals surface area contributed by atoms with Gasteiger partial charge in [0.25, 0.3) is 0 Å². The van der Waals surface area contributed by atoms with Crippen molar-refractivity contribution in [3.8, 4) is 0 Å². The number of ether oxygens (including phenoxy) is 3. The first-order chi connectivity index (χ1) is 8.12. The minimum atomic E-state index is -3.88. The maximum absolute atomic E-state index is 10.8. The third kappa shape index (κ3) is 12.2. The van der Waals surface area contributed by atoms with Crippen LogP contribution in [0.1, 0.15) is 6.92 Å². The van der Waals surface area contributed by atoms with Crippen molar-refractivity contribution < 1.29 is 32.7 Å². The molecule has 0 fully saturated rings. The first-order valence-corrected chi connectivity index (χ1v) is 6.88. The molecule has 0 aromatic heterocycles. The molecule has 0 radical (unpaired) electrons. The average molecular weight is 272 g/mol. The van der Waals surface area contributed by atoms with Gasteiger partial charge in [-0.25, -0.2) is 4.57 Å². The molecule has 1 atom stereocenters. The zero-order chi connectivity index (χ0) is 13.0. The molecule has 0 aliphatic carbocycles. The van der Waals surface area contributed by atoms with Crippen molar-refractivity contribution in [2.24, 2.45) is 0 Å². The minimum Gasteiger partial charge on any atom is -0.379 e. The quantitative estimate of drug-likeness (QED) is 0.416. The van der Waals surface area contributed by atoms with Crippen LogP contribution in [0.5, 0.6) is 0 Å². The molecule has 0 aromatic carbocycles. The Bertz CT molecular complexity index is 212. The van der Waals surface area contributed by atoms with Gasteiger partial charge in [0, 0.05) is 13.7 Å². The highest BCUT2D eigenvalue weighted by atomic mass is 31.2. The molecule has 0 heterocycles. The number of phosphoric acid groups is 1. The largest absolute Gasteiger partial charge is 0.471 e. The van der Waals surface area contributed by atoms with Crippen molar-refractivity contribution in [3.05, 3.63) is 0 Å². The second-order valence-electron chi connectivity index (χ2n) is 2.91. The molecule has 0 saturated carbocycles. The van der Waals surface area contributed by atoms with Crippen LogP contribution in [0.25, 0.3) is 0 Å². The van der Waals surface area contributed by atoms with E-state index < -0.39 is 7.82 Å². The Morgan fingerprint density at radius 1 is 0.941 bits per heavy atom. The van der Waals surface area contributed by atoms with Gasteiger partial charge in [-0.3, -0.25) is 9.05 Å². The smallest absolute Gasteiger partial charge is 0.379 e. The summed E-state index contributed by atoms with van der Waals surface area (Å²) in [5.74, 6) is 0. The fourth-order valence-corrected chi connectivity index (χ4v) is 1.26. The van der Waals surface area contributed by atoms with Crippen molar-refractivity contribution in [3.63, 3.8) is 0 Å². The summed E-state index contributed by atoms with van der Waals surface area (Å²) in [6.45, 7) is 4.76. The van der Waals surface area contributed by atoms with E-state index in [9.17, 15) is 4.57 Å². The summed E-state index contributed by atoms with van der Waals surface area (Å²) in [7, 11) is -2.77. The molecule has 0 spiro atoms. The van der Waals surface area contributed by atoms with Crippen LogP contribution in [0.3, 0.4) is 0 Å². The van der Waals surface area contributed by atoms with Gasteiger partial charge in [0.15, 0.2) is 0 Å². The molecule has 8 heteroatoms. The van der Waals surface area contributed by atoms with Crippen LogP contribution in [0, 0.1) is 0 Å². The predicted molar refractivity (Wildman–Crippen MR) is 60.9 cm³/mol. The van der Waals surface area contributed by atoms with E-state index in [4.69, 9.17) is 19.1 Å². The lowest BCUT2D eigenvalue weighted by Crippen LogP contribution is -2.11. The first kappa shape index (κ1) is 17.0. The van der Waals surface area contributed by atoms with Crippen molar-refractivity contribution in [2.45, 2.75) is 6.92 Å². The van der Waals surface area contributed by atoms with E-state index in [0.717, 1.165) is 7.11 Å². The Balaban J connectivity index is 3.11. The highest BCUT2D eigenvalue weighted by molar-refractivity contribution is 7.47. The molecule has 1 unspecified atom stereocenters. The fraction of sp³-hybridized carbons (Fsp3) is 1.00. The van der Waals surface area contributed by atoms with Crippen LogP contribution in [0.15, 0.2) is 0 Å². The van der Waals surface area contributed by atoms with Crippen LogP contribution < -0.4 is 0 Å². The number of rotatable bonds is 12. The molecule has 104 valence electrons. The van der Waals surface area contributed by atoms with Gasteiger partial charge in [-0.2, -0.15) is 0 Å². The zero-order valence-electron chi connectivity index (χ0n) is 10.3. The molecule has 0 rings (SSSR count). The molecule has 0 amide bonds. The van der Waals surface area contributed by atoms with Gasteiger partial charge in [-0.15, -0.1) is 0 Å². The summed E-state index contributed by atoms with van der Waals surface area (Å²) >= 11 is 0. The van der Waals surface area contributed by atoms with E-state index in [0.29, 0.717) is 33.0 Å². The second-order valence-corrected chi connectivity index (χ2v) is 4.47. The van der Waals surface area contributed by atoms with Gasteiger partial charge in [-0.1, -0.05) is 0 Å². The van der Waals surface area contributed by atoms with Gasteiger partial charge in [0.1, 0.15) is 0 Å². The summed E-state index contributed by atoms with van der Waals surface area (Å²) in [4.78, 5) is 8.86. The molecule has 7 nitrogen and oxygen atoms in total. The lowest BCUT2D eigenvalue weighted by molar-refractivity contribution is 0.00899. The van der Waals surface area contributed by atoms with Gasteiger partial charge in [0.2, 0.25) is 0 Å².